The lowest BCUT2D eigenvalue weighted by Crippen LogP contribution is -2.62. The Morgan fingerprint density at radius 2 is 1.52 bits per heavy atom. The third-order valence-corrected chi connectivity index (χ3v) is 11.2. The number of ether oxygens (including phenoxy) is 5. The van der Waals surface area contributed by atoms with Gasteiger partial charge in [0.15, 0.2) is 0 Å². The van der Waals surface area contributed by atoms with Crippen molar-refractivity contribution in [2.24, 2.45) is 5.41 Å². The summed E-state index contributed by atoms with van der Waals surface area (Å²) in [4.78, 5) is 70.8. The summed E-state index contributed by atoms with van der Waals surface area (Å²) in [5.41, 5.74) is 3.48. The Labute approximate surface area is 377 Å². The summed E-state index contributed by atoms with van der Waals surface area (Å²) < 4.78 is 27.9. The van der Waals surface area contributed by atoms with Crippen LogP contribution in [0.3, 0.4) is 0 Å². The first-order valence-corrected chi connectivity index (χ1v) is 22.2. The molecule has 0 fully saturated rings. The van der Waals surface area contributed by atoms with Crippen LogP contribution in [0, 0.1) is 5.41 Å². The molecule has 0 radical (unpaired) electrons. The van der Waals surface area contributed by atoms with E-state index in [-0.39, 0.29) is 38.1 Å². The fourth-order valence-corrected chi connectivity index (χ4v) is 7.60. The zero-order valence-corrected chi connectivity index (χ0v) is 38.7. The number of likely N-dealkylation sites (N-methyl/N-ethyl adjacent to an activating group) is 1. The molecule has 0 aromatic heterocycles. The lowest BCUT2D eigenvalue weighted by atomic mass is 9.83. The van der Waals surface area contributed by atoms with E-state index in [2.05, 4.69) is 28.1 Å². The van der Waals surface area contributed by atoms with Crippen LogP contribution in [0.1, 0.15) is 95.2 Å². The summed E-state index contributed by atoms with van der Waals surface area (Å²) >= 11 is 0. The minimum atomic E-state index is -1.05. The number of rotatable bonds is 18. The maximum atomic E-state index is 14.9. The molecular weight excluding hydrogens is 819 g/mol. The van der Waals surface area contributed by atoms with Gasteiger partial charge in [0.2, 0.25) is 17.7 Å². The maximum Gasteiger partial charge on any atom is 0.410 e. The number of aryl methyl sites for hydroxylation is 1. The van der Waals surface area contributed by atoms with E-state index in [1.165, 1.54) is 17.5 Å². The lowest BCUT2D eigenvalue weighted by Gasteiger charge is -2.42. The molecular formula is C49H67N5O10. The fourth-order valence-electron chi connectivity index (χ4n) is 7.60. The highest BCUT2D eigenvalue weighted by Gasteiger charge is 2.43. The van der Waals surface area contributed by atoms with Crippen LogP contribution in [-0.4, -0.2) is 110 Å². The molecule has 0 unspecified atom stereocenters. The molecule has 0 spiro atoms. The van der Waals surface area contributed by atoms with Gasteiger partial charge in [-0.05, 0) is 92.3 Å². The van der Waals surface area contributed by atoms with Crippen molar-refractivity contribution in [1.82, 2.24) is 25.8 Å². The largest absolute Gasteiger partial charge is 0.491 e. The van der Waals surface area contributed by atoms with Gasteiger partial charge in [0.25, 0.3) is 0 Å². The summed E-state index contributed by atoms with van der Waals surface area (Å²) in [5, 5.41) is 8.87. The number of nitrogens with one attached hydrogen (secondary N) is 3. The van der Waals surface area contributed by atoms with Gasteiger partial charge in [-0.1, -0.05) is 81.4 Å². The number of nitrogens with zero attached hydrogens (tertiary/aromatic N) is 2. The van der Waals surface area contributed by atoms with Crippen LogP contribution in [0.5, 0.6) is 5.75 Å². The smallest absolute Gasteiger partial charge is 0.410 e. The van der Waals surface area contributed by atoms with Gasteiger partial charge in [0, 0.05) is 26.6 Å². The number of carbonyl (C=O) groups is 5. The van der Waals surface area contributed by atoms with E-state index in [1.807, 2.05) is 81.4 Å². The molecule has 5 rings (SSSR count). The van der Waals surface area contributed by atoms with Crippen LogP contribution >= 0.6 is 0 Å². The summed E-state index contributed by atoms with van der Waals surface area (Å²) in [7, 11) is 1.48. The van der Waals surface area contributed by atoms with E-state index in [9.17, 15) is 24.0 Å². The number of hydrogen-bond donors (Lipinski definition) is 3. The van der Waals surface area contributed by atoms with Crippen molar-refractivity contribution in [3.63, 3.8) is 0 Å². The predicted molar refractivity (Wildman–Crippen MR) is 241 cm³/mol. The highest BCUT2D eigenvalue weighted by Crippen LogP contribution is 2.33. The van der Waals surface area contributed by atoms with Crippen molar-refractivity contribution < 1.29 is 47.7 Å². The number of amides is 5. The van der Waals surface area contributed by atoms with Crippen molar-refractivity contribution in [2.45, 2.75) is 117 Å². The normalized spacial score (nSPS) is 16.8. The van der Waals surface area contributed by atoms with Gasteiger partial charge in [-0.15, -0.1) is 0 Å². The van der Waals surface area contributed by atoms with E-state index >= 15 is 0 Å². The maximum absolute atomic E-state index is 14.9. The van der Waals surface area contributed by atoms with Crippen molar-refractivity contribution in [1.29, 1.82) is 0 Å². The number of carbonyl (C=O) groups excluding carboxylic acids is 5. The van der Waals surface area contributed by atoms with Gasteiger partial charge >= 0.3 is 12.2 Å². The van der Waals surface area contributed by atoms with E-state index in [0.717, 1.165) is 41.5 Å². The number of alkyl carbamates (subject to hydrolysis) is 1. The first kappa shape index (κ1) is 49.3. The minimum absolute atomic E-state index is 0.0446. The number of hydrogen-bond acceptors (Lipinski definition) is 10. The quantitative estimate of drug-likeness (QED) is 0.124. The van der Waals surface area contributed by atoms with Crippen molar-refractivity contribution in [3.8, 4) is 5.75 Å². The number of benzene rings is 3. The molecule has 0 bridgehead atoms. The molecule has 2 aliphatic rings. The summed E-state index contributed by atoms with van der Waals surface area (Å²) in [6, 6.07) is 19.9. The second kappa shape index (κ2) is 22.8. The summed E-state index contributed by atoms with van der Waals surface area (Å²) in [6.45, 7) is 14.6. The monoisotopic (exact) mass is 885 g/mol. The third kappa shape index (κ3) is 14.4. The second-order valence-corrected chi connectivity index (χ2v) is 18.4. The molecule has 348 valence electrons. The first-order chi connectivity index (χ1) is 30.4. The lowest BCUT2D eigenvalue weighted by molar-refractivity contribution is -0.147. The molecule has 4 atom stereocenters. The van der Waals surface area contributed by atoms with Gasteiger partial charge < -0.3 is 44.5 Å². The zero-order chi connectivity index (χ0) is 46.4. The van der Waals surface area contributed by atoms with E-state index in [4.69, 9.17) is 23.7 Å². The number of fused-ring (bicyclic) bond motifs is 2. The van der Waals surface area contributed by atoms with Gasteiger partial charge in [0.1, 0.15) is 42.7 Å². The molecule has 15 nitrogen and oxygen atoms in total. The summed E-state index contributed by atoms with van der Waals surface area (Å²) in [5.74, 6) is -0.642. The Hall–Kier alpha value is -5.67. The molecule has 1 heterocycles. The molecule has 3 N–H and O–H groups in total. The molecule has 1 aliphatic heterocycles. The van der Waals surface area contributed by atoms with Crippen molar-refractivity contribution in [3.05, 3.63) is 101 Å². The van der Waals surface area contributed by atoms with E-state index in [0.29, 0.717) is 38.7 Å². The van der Waals surface area contributed by atoms with Gasteiger partial charge in [-0.3, -0.25) is 19.3 Å². The molecule has 0 saturated heterocycles. The molecule has 15 heteroatoms. The third-order valence-electron chi connectivity index (χ3n) is 11.2. The van der Waals surface area contributed by atoms with Crippen LogP contribution in [0.15, 0.2) is 72.8 Å². The Balaban J connectivity index is 1.24. The van der Waals surface area contributed by atoms with Crippen molar-refractivity contribution >= 4 is 29.9 Å². The van der Waals surface area contributed by atoms with Gasteiger partial charge in [-0.2, -0.15) is 0 Å². The van der Waals surface area contributed by atoms with Crippen molar-refractivity contribution in [2.75, 3.05) is 46.6 Å². The predicted octanol–water partition coefficient (Wildman–Crippen LogP) is 6.26. The topological polar surface area (TPSA) is 174 Å². The Morgan fingerprint density at radius 1 is 0.828 bits per heavy atom. The highest BCUT2D eigenvalue weighted by molar-refractivity contribution is 5.94. The van der Waals surface area contributed by atoms with Crippen LogP contribution in [0.25, 0.3) is 0 Å². The molecule has 3 aromatic rings. The Morgan fingerprint density at radius 3 is 2.23 bits per heavy atom. The Bertz CT molecular complexity index is 2050. The zero-order valence-electron chi connectivity index (χ0n) is 38.7. The van der Waals surface area contributed by atoms with Gasteiger partial charge in [0.05, 0.1) is 32.5 Å². The van der Waals surface area contributed by atoms with E-state index in [1.54, 1.807) is 32.6 Å². The molecule has 5 amide bonds. The molecule has 3 aromatic carbocycles. The van der Waals surface area contributed by atoms with Crippen LogP contribution in [-0.2, 0) is 59.3 Å². The van der Waals surface area contributed by atoms with Gasteiger partial charge in [-0.25, -0.2) is 9.59 Å². The molecule has 1 aliphatic carbocycles. The average Bonchev–Trinajstić information content (AvgIpc) is 3.26. The fraction of sp³-hybridized carbons (Fsp3) is 0.531. The average molecular weight is 886 g/mol. The Kier molecular flexibility index (Phi) is 17.6. The molecule has 0 saturated carbocycles. The summed E-state index contributed by atoms with van der Waals surface area (Å²) in [6.07, 6.45) is 1.74. The molecule has 64 heavy (non-hydrogen) atoms. The van der Waals surface area contributed by atoms with E-state index < -0.39 is 53.1 Å². The standard InChI is InChI=1S/C49H67N5O10/c1-33(53(8)47(59)63-32-34-15-10-9-11-16-34)43(55)52-42(48(2,3)4)45(57)54-31-37-29-38(62-28-27-61-26-25-60-24-23-50-46(58)64-49(5,6)7)22-21-36(37)30-41(54)44(56)51-40-20-14-18-35-17-12-13-19-39(35)40/h9-13,15-17,19,21-22,29,33,40-42H,14,18,20,23-28,30-32H2,1-8H3,(H,50,58)(H,51,56)(H,52,55)/t33-,40+,41-,42+/m0/s1. The minimum Gasteiger partial charge on any atom is -0.491 e. The SMILES string of the molecule is C[C@@H](C(=O)N[C@H](C(=O)N1Cc2cc(OCCOCCOCCNC(=O)OC(C)(C)C)ccc2C[C@H]1C(=O)N[C@@H]1CCCc2ccccc21)C(C)(C)C)N(C)C(=O)OCc1ccccc1. The van der Waals surface area contributed by atoms with Crippen LogP contribution in [0.2, 0.25) is 0 Å². The second-order valence-electron chi connectivity index (χ2n) is 18.4. The van der Waals surface area contributed by atoms with Crippen LogP contribution < -0.4 is 20.7 Å². The highest BCUT2D eigenvalue weighted by atomic mass is 16.6. The first-order valence-electron chi connectivity index (χ1n) is 22.2. The van der Waals surface area contributed by atoms with Crippen LogP contribution in [0.4, 0.5) is 9.59 Å².